The van der Waals surface area contributed by atoms with Gasteiger partial charge >= 0.3 is 12.0 Å². The van der Waals surface area contributed by atoms with Crippen LogP contribution >= 0.6 is 0 Å². The van der Waals surface area contributed by atoms with Gasteiger partial charge in [0.05, 0.1) is 0 Å². The molecule has 1 aliphatic rings. The first-order valence-corrected chi connectivity index (χ1v) is 8.03. The van der Waals surface area contributed by atoms with Crippen molar-refractivity contribution >= 4 is 12.0 Å². The highest BCUT2D eigenvalue weighted by atomic mass is 16.4. The van der Waals surface area contributed by atoms with Crippen LogP contribution in [-0.4, -0.2) is 66.2 Å². The van der Waals surface area contributed by atoms with Crippen LogP contribution in [0.2, 0.25) is 0 Å². The van der Waals surface area contributed by atoms with E-state index in [1.807, 2.05) is 4.90 Å². The SMILES string of the molecule is CCC(CCNC(=O)N1CCN(CC)CC1)CCC(=O)O. The molecule has 1 heterocycles. The normalized spacial score (nSPS) is 17.5. The number of carbonyl (C=O) groups is 2. The Bertz CT molecular complexity index is 328. The van der Waals surface area contributed by atoms with Crippen molar-refractivity contribution in [2.24, 2.45) is 5.92 Å². The summed E-state index contributed by atoms with van der Waals surface area (Å²) < 4.78 is 0. The van der Waals surface area contributed by atoms with E-state index in [9.17, 15) is 9.59 Å². The number of amides is 2. The number of aliphatic carboxylic acids is 1. The molecule has 0 aliphatic carbocycles. The lowest BCUT2D eigenvalue weighted by Gasteiger charge is -2.34. The van der Waals surface area contributed by atoms with Crippen LogP contribution < -0.4 is 5.32 Å². The molecule has 6 heteroatoms. The highest BCUT2D eigenvalue weighted by Crippen LogP contribution is 2.14. The monoisotopic (exact) mass is 299 g/mol. The Hall–Kier alpha value is -1.30. The molecule has 0 aromatic carbocycles. The first-order valence-electron chi connectivity index (χ1n) is 8.03. The fraction of sp³-hybridized carbons (Fsp3) is 0.867. The van der Waals surface area contributed by atoms with Crippen molar-refractivity contribution in [3.63, 3.8) is 0 Å². The molecule has 0 aromatic heterocycles. The molecule has 0 radical (unpaired) electrons. The first kappa shape index (κ1) is 17.8. The summed E-state index contributed by atoms with van der Waals surface area (Å²) in [5, 5.41) is 11.7. The van der Waals surface area contributed by atoms with Crippen LogP contribution in [0.15, 0.2) is 0 Å². The van der Waals surface area contributed by atoms with Gasteiger partial charge in [-0.25, -0.2) is 4.79 Å². The molecule has 2 amide bonds. The molecule has 1 unspecified atom stereocenters. The van der Waals surface area contributed by atoms with Gasteiger partial charge in [-0.1, -0.05) is 20.3 Å². The van der Waals surface area contributed by atoms with Crippen LogP contribution in [0, 0.1) is 5.92 Å². The second kappa shape index (κ2) is 9.60. The highest BCUT2D eigenvalue weighted by molar-refractivity contribution is 5.74. The van der Waals surface area contributed by atoms with Crippen LogP contribution in [-0.2, 0) is 4.79 Å². The van der Waals surface area contributed by atoms with Gasteiger partial charge in [0.1, 0.15) is 0 Å². The molecule has 0 bridgehead atoms. The fourth-order valence-electron chi connectivity index (χ4n) is 2.64. The quantitative estimate of drug-likeness (QED) is 0.714. The minimum absolute atomic E-state index is 0.0128. The largest absolute Gasteiger partial charge is 0.481 e. The molecule has 1 rings (SSSR count). The number of carboxylic acid groups (broad SMARTS) is 1. The van der Waals surface area contributed by atoms with Crippen molar-refractivity contribution in [3.8, 4) is 0 Å². The average molecular weight is 299 g/mol. The number of nitrogens with one attached hydrogen (secondary N) is 1. The predicted octanol–water partition coefficient (Wildman–Crippen LogP) is 1.61. The smallest absolute Gasteiger partial charge is 0.317 e. The second-order valence-corrected chi connectivity index (χ2v) is 5.65. The number of likely N-dealkylation sites (N-methyl/N-ethyl adjacent to an activating group) is 1. The number of nitrogens with zero attached hydrogens (tertiary/aromatic N) is 2. The minimum Gasteiger partial charge on any atom is -0.481 e. The molecule has 2 N–H and O–H groups in total. The molecule has 0 aromatic rings. The van der Waals surface area contributed by atoms with E-state index in [1.165, 1.54) is 0 Å². The van der Waals surface area contributed by atoms with Crippen molar-refractivity contribution in [2.75, 3.05) is 39.3 Å². The molecule has 1 atom stereocenters. The number of hydrogen-bond acceptors (Lipinski definition) is 3. The van der Waals surface area contributed by atoms with Gasteiger partial charge in [0.25, 0.3) is 0 Å². The molecule has 1 fully saturated rings. The van der Waals surface area contributed by atoms with E-state index in [0.29, 0.717) is 18.9 Å². The van der Waals surface area contributed by atoms with E-state index in [4.69, 9.17) is 5.11 Å². The molecule has 0 saturated carbocycles. The zero-order chi connectivity index (χ0) is 15.7. The Morgan fingerprint density at radius 3 is 2.33 bits per heavy atom. The topological polar surface area (TPSA) is 72.9 Å². The third-order valence-corrected chi connectivity index (χ3v) is 4.28. The number of hydrogen-bond donors (Lipinski definition) is 2. The summed E-state index contributed by atoms with van der Waals surface area (Å²) in [6, 6.07) is 0.0128. The standard InChI is InChI=1S/C15H29N3O3/c1-3-13(5-6-14(19)20)7-8-16-15(21)18-11-9-17(4-2)10-12-18/h13H,3-12H2,1-2H3,(H,16,21)(H,19,20). The number of piperazine rings is 1. The molecule has 122 valence electrons. The van der Waals surface area contributed by atoms with Gasteiger partial charge in [0.15, 0.2) is 0 Å². The number of carboxylic acids is 1. The van der Waals surface area contributed by atoms with Gasteiger partial charge in [-0.3, -0.25) is 4.79 Å². The highest BCUT2D eigenvalue weighted by Gasteiger charge is 2.19. The Balaban J connectivity index is 2.19. The zero-order valence-electron chi connectivity index (χ0n) is 13.3. The van der Waals surface area contributed by atoms with Gasteiger partial charge in [0.2, 0.25) is 0 Å². The minimum atomic E-state index is -0.744. The van der Waals surface area contributed by atoms with Gasteiger partial charge in [-0.2, -0.15) is 0 Å². The third kappa shape index (κ3) is 6.80. The Morgan fingerprint density at radius 2 is 1.81 bits per heavy atom. The van der Waals surface area contributed by atoms with Crippen LogP contribution in [0.25, 0.3) is 0 Å². The van der Waals surface area contributed by atoms with Crippen LogP contribution in [0.4, 0.5) is 4.79 Å². The van der Waals surface area contributed by atoms with E-state index in [1.54, 1.807) is 0 Å². The van der Waals surface area contributed by atoms with Gasteiger partial charge in [0, 0.05) is 39.1 Å². The van der Waals surface area contributed by atoms with Crippen LogP contribution in [0.1, 0.15) is 39.5 Å². The molecular weight excluding hydrogens is 270 g/mol. The first-order chi connectivity index (χ1) is 10.1. The maximum absolute atomic E-state index is 12.0. The van der Waals surface area contributed by atoms with Crippen molar-refractivity contribution in [2.45, 2.75) is 39.5 Å². The van der Waals surface area contributed by atoms with Crippen molar-refractivity contribution in [1.82, 2.24) is 15.1 Å². The van der Waals surface area contributed by atoms with E-state index < -0.39 is 5.97 Å². The zero-order valence-corrected chi connectivity index (χ0v) is 13.3. The molecule has 1 saturated heterocycles. The summed E-state index contributed by atoms with van der Waals surface area (Å²) in [6.45, 7) is 9.34. The van der Waals surface area contributed by atoms with Gasteiger partial charge < -0.3 is 20.2 Å². The molecule has 1 aliphatic heterocycles. The summed E-state index contributed by atoms with van der Waals surface area (Å²) in [7, 11) is 0. The number of carbonyl (C=O) groups excluding carboxylic acids is 1. The summed E-state index contributed by atoms with van der Waals surface area (Å²) in [4.78, 5) is 26.8. The van der Waals surface area contributed by atoms with Crippen molar-refractivity contribution in [1.29, 1.82) is 0 Å². The average Bonchev–Trinajstić information content (AvgIpc) is 2.50. The lowest BCUT2D eigenvalue weighted by molar-refractivity contribution is -0.137. The number of rotatable bonds is 8. The van der Waals surface area contributed by atoms with E-state index in [2.05, 4.69) is 24.1 Å². The van der Waals surface area contributed by atoms with Crippen LogP contribution in [0.5, 0.6) is 0 Å². The van der Waals surface area contributed by atoms with E-state index >= 15 is 0 Å². The lowest BCUT2D eigenvalue weighted by Crippen LogP contribution is -2.51. The fourth-order valence-corrected chi connectivity index (χ4v) is 2.64. The maximum Gasteiger partial charge on any atom is 0.317 e. The maximum atomic E-state index is 12.0. The van der Waals surface area contributed by atoms with Crippen molar-refractivity contribution < 1.29 is 14.7 Å². The van der Waals surface area contributed by atoms with Crippen molar-refractivity contribution in [3.05, 3.63) is 0 Å². The Labute approximate surface area is 127 Å². The van der Waals surface area contributed by atoms with Crippen LogP contribution in [0.3, 0.4) is 0 Å². The summed E-state index contributed by atoms with van der Waals surface area (Å²) >= 11 is 0. The summed E-state index contributed by atoms with van der Waals surface area (Å²) in [5.41, 5.74) is 0. The predicted molar refractivity (Wildman–Crippen MR) is 82.4 cm³/mol. The molecule has 21 heavy (non-hydrogen) atoms. The lowest BCUT2D eigenvalue weighted by atomic mass is 9.97. The summed E-state index contributed by atoms with van der Waals surface area (Å²) in [5.74, 6) is -0.371. The van der Waals surface area contributed by atoms with Gasteiger partial charge in [-0.15, -0.1) is 0 Å². The molecule has 0 spiro atoms. The molecular formula is C15H29N3O3. The number of urea groups is 1. The molecule has 6 nitrogen and oxygen atoms in total. The Kier molecular flexibility index (Phi) is 8.12. The van der Waals surface area contributed by atoms with E-state index in [-0.39, 0.29) is 12.5 Å². The third-order valence-electron chi connectivity index (χ3n) is 4.28. The van der Waals surface area contributed by atoms with E-state index in [0.717, 1.165) is 45.6 Å². The summed E-state index contributed by atoms with van der Waals surface area (Å²) in [6.07, 6.45) is 2.71. The van der Waals surface area contributed by atoms with Gasteiger partial charge in [-0.05, 0) is 25.3 Å². The second-order valence-electron chi connectivity index (χ2n) is 5.65. The Morgan fingerprint density at radius 1 is 1.14 bits per heavy atom.